The average molecular weight is 347 g/mol. The largest absolute Gasteiger partial charge is 0.369 e. The van der Waals surface area contributed by atoms with Gasteiger partial charge in [0.05, 0.1) is 41.1 Å². The number of aromatic nitrogens is 2. The molecule has 1 aromatic heterocycles. The second-order valence-electron chi connectivity index (χ2n) is 6.43. The van der Waals surface area contributed by atoms with Crippen LogP contribution in [0.15, 0.2) is 29.3 Å². The number of carbonyl (C=O) groups excluding carboxylic acids is 1. The van der Waals surface area contributed by atoms with Crippen molar-refractivity contribution in [3.05, 3.63) is 41.1 Å². The predicted molar refractivity (Wildman–Crippen MR) is 94.4 cm³/mol. The van der Waals surface area contributed by atoms with Crippen molar-refractivity contribution in [2.75, 3.05) is 7.05 Å². The fourth-order valence-electron chi connectivity index (χ4n) is 3.07. The van der Waals surface area contributed by atoms with Crippen molar-refractivity contribution in [3.63, 3.8) is 0 Å². The first-order valence-electron chi connectivity index (χ1n) is 7.89. The lowest BCUT2D eigenvalue weighted by molar-refractivity contribution is -0.128. The van der Waals surface area contributed by atoms with Crippen LogP contribution in [-0.2, 0) is 17.4 Å². The Kier molecular flexibility index (Phi) is 3.97. The number of carbonyl (C=O) groups is 1. The molecule has 1 aliphatic rings. The summed E-state index contributed by atoms with van der Waals surface area (Å²) in [5.74, 6) is 0.0331. The van der Waals surface area contributed by atoms with E-state index in [1.165, 1.54) is 11.0 Å². The lowest BCUT2D eigenvalue weighted by Crippen LogP contribution is -2.48. The van der Waals surface area contributed by atoms with Gasteiger partial charge in [-0.2, -0.15) is 15.6 Å². The molecule has 26 heavy (non-hydrogen) atoms. The average Bonchev–Trinajstić information content (AvgIpc) is 3.02. The van der Waals surface area contributed by atoms with E-state index in [1.807, 2.05) is 25.1 Å². The van der Waals surface area contributed by atoms with Crippen LogP contribution in [0.3, 0.4) is 0 Å². The molecule has 2 aromatic rings. The molecule has 130 valence electrons. The number of nitrogens with two attached hydrogens (primary N) is 1. The standard InChI is InChI=1S/C18H17N7O/c1-18(8-16(26)24(2)17(21)22-18)15-7-14(23-25(15)3)13-5-11(9-19)4-12(6-13)10-20/h4-7H,8H2,1-3H3,(H2,21,22). The van der Waals surface area contributed by atoms with Gasteiger partial charge in [-0.05, 0) is 31.2 Å². The molecule has 0 spiro atoms. The summed E-state index contributed by atoms with van der Waals surface area (Å²) in [6, 6.07) is 10.8. The van der Waals surface area contributed by atoms with Crippen LogP contribution < -0.4 is 5.73 Å². The van der Waals surface area contributed by atoms with E-state index in [4.69, 9.17) is 16.3 Å². The SMILES string of the molecule is CN1C(=O)CC(C)(c2cc(-c3cc(C#N)cc(C#N)c3)nn2C)N=C1N. The van der Waals surface area contributed by atoms with Crippen LogP contribution in [0.25, 0.3) is 11.3 Å². The van der Waals surface area contributed by atoms with E-state index in [0.717, 1.165) is 5.69 Å². The highest BCUT2D eigenvalue weighted by Crippen LogP contribution is 2.35. The van der Waals surface area contributed by atoms with Crippen LogP contribution in [0, 0.1) is 22.7 Å². The van der Waals surface area contributed by atoms with Crippen molar-refractivity contribution >= 4 is 11.9 Å². The zero-order chi connectivity index (χ0) is 19.1. The molecule has 0 aliphatic carbocycles. The van der Waals surface area contributed by atoms with Gasteiger partial charge in [-0.1, -0.05) is 0 Å². The molecule has 0 saturated carbocycles. The van der Waals surface area contributed by atoms with Crippen LogP contribution in [0.4, 0.5) is 0 Å². The van der Waals surface area contributed by atoms with Crippen LogP contribution in [0.5, 0.6) is 0 Å². The Morgan fingerprint density at radius 1 is 1.15 bits per heavy atom. The van der Waals surface area contributed by atoms with Gasteiger partial charge < -0.3 is 5.73 Å². The van der Waals surface area contributed by atoms with E-state index in [2.05, 4.69) is 10.1 Å². The summed E-state index contributed by atoms with van der Waals surface area (Å²) in [5.41, 5.74) is 7.78. The first-order chi connectivity index (χ1) is 12.3. The maximum absolute atomic E-state index is 12.2. The van der Waals surface area contributed by atoms with Gasteiger partial charge in [0.15, 0.2) is 5.96 Å². The molecule has 0 bridgehead atoms. The van der Waals surface area contributed by atoms with E-state index in [9.17, 15) is 4.79 Å². The molecule has 2 heterocycles. The number of rotatable bonds is 2. The van der Waals surface area contributed by atoms with Gasteiger partial charge in [0.2, 0.25) is 5.91 Å². The lowest BCUT2D eigenvalue weighted by atomic mass is 9.91. The van der Waals surface area contributed by atoms with Crippen molar-refractivity contribution in [2.45, 2.75) is 18.9 Å². The summed E-state index contributed by atoms with van der Waals surface area (Å²) in [6.07, 6.45) is 0.171. The molecular formula is C18H17N7O. The Morgan fingerprint density at radius 3 is 2.31 bits per heavy atom. The van der Waals surface area contributed by atoms with Crippen molar-refractivity contribution < 1.29 is 4.79 Å². The van der Waals surface area contributed by atoms with Crippen LogP contribution >= 0.6 is 0 Å². The molecule has 1 atom stereocenters. The molecule has 1 aliphatic heterocycles. The van der Waals surface area contributed by atoms with Gasteiger partial charge in [-0.25, -0.2) is 4.99 Å². The molecule has 0 radical (unpaired) electrons. The van der Waals surface area contributed by atoms with Crippen LogP contribution in [0.1, 0.15) is 30.2 Å². The number of nitrogens with zero attached hydrogens (tertiary/aromatic N) is 6. The highest BCUT2D eigenvalue weighted by atomic mass is 16.2. The number of hydrogen-bond acceptors (Lipinski definition) is 6. The quantitative estimate of drug-likeness (QED) is 0.874. The van der Waals surface area contributed by atoms with Gasteiger partial charge in [0, 0.05) is 19.7 Å². The Morgan fingerprint density at radius 2 is 1.77 bits per heavy atom. The summed E-state index contributed by atoms with van der Waals surface area (Å²) in [5, 5.41) is 22.8. The number of benzene rings is 1. The smallest absolute Gasteiger partial charge is 0.231 e. The number of hydrogen-bond donors (Lipinski definition) is 1. The molecule has 8 nitrogen and oxygen atoms in total. The van der Waals surface area contributed by atoms with Crippen molar-refractivity contribution in [1.29, 1.82) is 10.5 Å². The summed E-state index contributed by atoms with van der Waals surface area (Å²) in [6.45, 7) is 1.83. The minimum absolute atomic E-state index is 0.124. The highest BCUT2D eigenvalue weighted by Gasteiger charge is 2.38. The summed E-state index contributed by atoms with van der Waals surface area (Å²) in [4.78, 5) is 18.0. The van der Waals surface area contributed by atoms with Crippen molar-refractivity contribution in [2.24, 2.45) is 17.8 Å². The zero-order valence-corrected chi connectivity index (χ0v) is 14.7. The molecule has 8 heteroatoms. The van der Waals surface area contributed by atoms with Crippen molar-refractivity contribution in [3.8, 4) is 23.4 Å². The predicted octanol–water partition coefficient (Wildman–Crippen LogP) is 1.22. The van der Waals surface area contributed by atoms with Gasteiger partial charge in [0.25, 0.3) is 0 Å². The van der Waals surface area contributed by atoms with Gasteiger partial charge in [0.1, 0.15) is 5.54 Å². The lowest BCUT2D eigenvalue weighted by Gasteiger charge is -2.33. The Labute approximate surface area is 150 Å². The normalized spacial score (nSPS) is 19.7. The third kappa shape index (κ3) is 2.78. The molecule has 1 unspecified atom stereocenters. The van der Waals surface area contributed by atoms with Gasteiger partial charge >= 0.3 is 0 Å². The molecule has 2 N–H and O–H groups in total. The highest BCUT2D eigenvalue weighted by molar-refractivity contribution is 5.98. The molecule has 1 aromatic carbocycles. The first-order valence-corrected chi connectivity index (χ1v) is 7.89. The molecular weight excluding hydrogens is 330 g/mol. The van der Waals surface area contributed by atoms with Gasteiger partial charge in [-0.3, -0.25) is 14.4 Å². The Balaban J connectivity index is 2.11. The number of amides is 1. The maximum atomic E-state index is 12.2. The van der Waals surface area contributed by atoms with Crippen LogP contribution in [0.2, 0.25) is 0 Å². The summed E-state index contributed by atoms with van der Waals surface area (Å²) < 4.78 is 1.65. The monoisotopic (exact) mass is 347 g/mol. The second-order valence-corrected chi connectivity index (χ2v) is 6.43. The van der Waals surface area contributed by atoms with E-state index >= 15 is 0 Å². The second kappa shape index (κ2) is 6.01. The molecule has 3 rings (SSSR count). The van der Waals surface area contributed by atoms with E-state index in [-0.39, 0.29) is 18.3 Å². The minimum atomic E-state index is -0.835. The fraction of sp³-hybridized carbons (Fsp3) is 0.278. The third-order valence-corrected chi connectivity index (χ3v) is 4.49. The number of guanidine groups is 1. The molecule has 0 saturated heterocycles. The maximum Gasteiger partial charge on any atom is 0.231 e. The molecule has 0 fully saturated rings. The zero-order valence-electron chi connectivity index (χ0n) is 14.7. The topological polar surface area (TPSA) is 124 Å². The first kappa shape index (κ1) is 17.2. The number of aliphatic imine (C=N–C) groups is 1. The summed E-state index contributed by atoms with van der Waals surface area (Å²) >= 11 is 0. The fourth-order valence-corrected chi connectivity index (χ4v) is 3.07. The van der Waals surface area contributed by atoms with E-state index in [0.29, 0.717) is 22.4 Å². The molecule has 1 amide bonds. The van der Waals surface area contributed by atoms with Crippen molar-refractivity contribution in [1.82, 2.24) is 14.7 Å². The third-order valence-electron chi connectivity index (χ3n) is 4.49. The number of nitriles is 2. The summed E-state index contributed by atoms with van der Waals surface area (Å²) in [7, 11) is 3.35. The minimum Gasteiger partial charge on any atom is -0.369 e. The van der Waals surface area contributed by atoms with E-state index < -0.39 is 5.54 Å². The number of aryl methyl sites for hydroxylation is 1. The van der Waals surface area contributed by atoms with E-state index in [1.54, 1.807) is 30.9 Å². The van der Waals surface area contributed by atoms with Gasteiger partial charge in [-0.15, -0.1) is 0 Å². The van der Waals surface area contributed by atoms with Crippen LogP contribution in [-0.4, -0.2) is 33.6 Å². The Hall–Kier alpha value is -3.65. The Bertz CT molecular complexity index is 989.